The Kier molecular flexibility index (Phi) is 2.83. The molecule has 0 bridgehead atoms. The molecule has 0 amide bonds. The molecule has 16 heavy (non-hydrogen) atoms. The molecule has 0 spiro atoms. The van der Waals surface area contributed by atoms with Crippen molar-refractivity contribution < 1.29 is 4.74 Å². The maximum Gasteiger partial charge on any atom is 0.131 e. The van der Waals surface area contributed by atoms with Crippen LogP contribution in [0.5, 0.6) is 11.5 Å². The first-order valence-corrected chi connectivity index (χ1v) is 7.13. The standard InChI is InChI=1S/C13H8I2O/c14-10-1-3-12-8(6-10)5-9-7-11(15)2-4-13(9)16-12/h1-4,6-7H,5H2. The summed E-state index contributed by atoms with van der Waals surface area (Å²) >= 11 is 4.67. The molecule has 0 unspecified atom stereocenters. The quantitative estimate of drug-likeness (QED) is 0.471. The summed E-state index contributed by atoms with van der Waals surface area (Å²) in [6.07, 6.45) is 0.971. The summed E-state index contributed by atoms with van der Waals surface area (Å²) in [5.41, 5.74) is 2.56. The second kappa shape index (κ2) is 4.18. The lowest BCUT2D eigenvalue weighted by molar-refractivity contribution is 0.459. The summed E-state index contributed by atoms with van der Waals surface area (Å²) in [6.45, 7) is 0. The fourth-order valence-electron chi connectivity index (χ4n) is 1.90. The number of hydrogen-bond acceptors (Lipinski definition) is 1. The fourth-order valence-corrected chi connectivity index (χ4v) is 3.01. The van der Waals surface area contributed by atoms with Crippen LogP contribution in [-0.2, 0) is 6.42 Å². The second-order valence-electron chi connectivity index (χ2n) is 3.78. The molecular weight excluding hydrogens is 426 g/mol. The normalized spacial score (nSPS) is 12.6. The van der Waals surface area contributed by atoms with Gasteiger partial charge < -0.3 is 4.74 Å². The molecule has 1 nitrogen and oxygen atoms in total. The van der Waals surface area contributed by atoms with Crippen molar-refractivity contribution in [1.82, 2.24) is 0 Å². The van der Waals surface area contributed by atoms with Crippen LogP contribution in [0.4, 0.5) is 0 Å². The maximum atomic E-state index is 5.88. The number of benzene rings is 2. The van der Waals surface area contributed by atoms with Gasteiger partial charge in [0.2, 0.25) is 0 Å². The minimum absolute atomic E-state index is 0.971. The van der Waals surface area contributed by atoms with Crippen molar-refractivity contribution in [2.75, 3.05) is 0 Å². The minimum atomic E-state index is 0.971. The van der Waals surface area contributed by atoms with E-state index in [4.69, 9.17) is 4.74 Å². The van der Waals surface area contributed by atoms with Gasteiger partial charge >= 0.3 is 0 Å². The molecule has 0 aliphatic carbocycles. The molecule has 1 heterocycles. The van der Waals surface area contributed by atoms with Gasteiger partial charge in [0, 0.05) is 24.7 Å². The highest BCUT2D eigenvalue weighted by Crippen LogP contribution is 2.37. The molecule has 1 aliphatic heterocycles. The van der Waals surface area contributed by atoms with Gasteiger partial charge in [-0.25, -0.2) is 0 Å². The number of hydrogen-bond donors (Lipinski definition) is 0. The summed E-state index contributed by atoms with van der Waals surface area (Å²) < 4.78 is 8.40. The predicted molar refractivity (Wildman–Crippen MR) is 81.2 cm³/mol. The first-order valence-electron chi connectivity index (χ1n) is 4.97. The summed E-state index contributed by atoms with van der Waals surface area (Å²) in [5.74, 6) is 1.99. The zero-order chi connectivity index (χ0) is 11.1. The Morgan fingerprint density at radius 3 is 1.81 bits per heavy atom. The van der Waals surface area contributed by atoms with E-state index in [1.165, 1.54) is 18.3 Å². The van der Waals surface area contributed by atoms with Crippen molar-refractivity contribution in [2.45, 2.75) is 6.42 Å². The van der Waals surface area contributed by atoms with E-state index >= 15 is 0 Å². The van der Waals surface area contributed by atoms with Crippen molar-refractivity contribution in [3.8, 4) is 11.5 Å². The van der Waals surface area contributed by atoms with Gasteiger partial charge in [0.1, 0.15) is 11.5 Å². The predicted octanol–water partition coefficient (Wildman–Crippen LogP) is 4.59. The monoisotopic (exact) mass is 434 g/mol. The first-order chi connectivity index (χ1) is 7.72. The first kappa shape index (κ1) is 10.8. The number of ether oxygens (including phenoxy) is 1. The van der Waals surface area contributed by atoms with Crippen molar-refractivity contribution in [1.29, 1.82) is 0 Å². The van der Waals surface area contributed by atoms with E-state index in [-0.39, 0.29) is 0 Å². The SMILES string of the molecule is Ic1ccc2c(c1)Cc1cc(I)ccc1O2. The Balaban J connectivity index is 2.10. The average molecular weight is 434 g/mol. The molecule has 0 radical (unpaired) electrons. The molecule has 2 aromatic carbocycles. The third-order valence-electron chi connectivity index (χ3n) is 2.65. The van der Waals surface area contributed by atoms with Crippen molar-refractivity contribution >= 4 is 45.2 Å². The summed E-state index contributed by atoms with van der Waals surface area (Å²) in [4.78, 5) is 0. The Hall–Kier alpha value is -0.300. The molecule has 2 aromatic rings. The highest BCUT2D eigenvalue weighted by molar-refractivity contribution is 14.1. The lowest BCUT2D eigenvalue weighted by atomic mass is 10.0. The van der Waals surface area contributed by atoms with E-state index in [1.807, 2.05) is 0 Å². The number of fused-ring (bicyclic) bond motifs is 2. The summed E-state index contributed by atoms with van der Waals surface area (Å²) in [6, 6.07) is 12.7. The van der Waals surface area contributed by atoms with Gasteiger partial charge in [0.25, 0.3) is 0 Å². The summed E-state index contributed by atoms with van der Waals surface area (Å²) in [7, 11) is 0. The molecule has 80 valence electrons. The van der Waals surface area contributed by atoms with Crippen LogP contribution in [-0.4, -0.2) is 0 Å². The van der Waals surface area contributed by atoms with Gasteiger partial charge in [-0.2, -0.15) is 0 Å². The molecule has 3 heteroatoms. The third-order valence-corrected chi connectivity index (χ3v) is 3.99. The van der Waals surface area contributed by atoms with E-state index in [1.54, 1.807) is 0 Å². The lowest BCUT2D eigenvalue weighted by Crippen LogP contribution is -2.03. The highest BCUT2D eigenvalue weighted by atomic mass is 127. The Bertz CT molecular complexity index is 514. The Labute approximate surface area is 121 Å². The highest BCUT2D eigenvalue weighted by Gasteiger charge is 2.16. The van der Waals surface area contributed by atoms with Crippen LogP contribution in [0.2, 0.25) is 0 Å². The van der Waals surface area contributed by atoms with E-state index in [2.05, 4.69) is 81.6 Å². The number of rotatable bonds is 0. The maximum absolute atomic E-state index is 5.88. The van der Waals surface area contributed by atoms with E-state index in [0.717, 1.165) is 17.9 Å². The zero-order valence-corrected chi connectivity index (χ0v) is 12.7. The Morgan fingerprint density at radius 1 is 0.812 bits per heavy atom. The third kappa shape index (κ3) is 1.95. The van der Waals surface area contributed by atoms with Crippen LogP contribution in [0, 0.1) is 7.14 Å². The average Bonchev–Trinajstić information content (AvgIpc) is 2.26. The molecule has 0 atom stereocenters. The van der Waals surface area contributed by atoms with Crippen LogP contribution in [0.3, 0.4) is 0 Å². The van der Waals surface area contributed by atoms with Crippen LogP contribution in [0.15, 0.2) is 36.4 Å². The van der Waals surface area contributed by atoms with Gasteiger partial charge in [-0.05, 0) is 81.6 Å². The molecule has 0 N–H and O–H groups in total. The number of halogens is 2. The minimum Gasteiger partial charge on any atom is -0.457 e. The molecule has 0 saturated carbocycles. The van der Waals surface area contributed by atoms with Gasteiger partial charge in [0.05, 0.1) is 0 Å². The molecular formula is C13H8I2O. The zero-order valence-electron chi connectivity index (χ0n) is 8.34. The van der Waals surface area contributed by atoms with Crippen molar-refractivity contribution in [2.24, 2.45) is 0 Å². The van der Waals surface area contributed by atoms with E-state index in [9.17, 15) is 0 Å². The molecule has 0 saturated heterocycles. The fraction of sp³-hybridized carbons (Fsp3) is 0.0769. The van der Waals surface area contributed by atoms with Crippen LogP contribution in [0.1, 0.15) is 11.1 Å². The summed E-state index contributed by atoms with van der Waals surface area (Å²) in [5, 5.41) is 0. The topological polar surface area (TPSA) is 9.23 Å². The van der Waals surface area contributed by atoms with Gasteiger partial charge in [-0.3, -0.25) is 0 Å². The van der Waals surface area contributed by atoms with E-state index < -0.39 is 0 Å². The van der Waals surface area contributed by atoms with Gasteiger partial charge in [0.15, 0.2) is 0 Å². The van der Waals surface area contributed by atoms with Crippen LogP contribution < -0.4 is 4.74 Å². The Morgan fingerprint density at radius 2 is 1.31 bits per heavy atom. The lowest BCUT2D eigenvalue weighted by Gasteiger charge is -2.20. The molecule has 0 fully saturated rings. The van der Waals surface area contributed by atoms with Crippen molar-refractivity contribution in [3.63, 3.8) is 0 Å². The smallest absolute Gasteiger partial charge is 0.131 e. The van der Waals surface area contributed by atoms with Gasteiger partial charge in [-0.1, -0.05) is 0 Å². The van der Waals surface area contributed by atoms with E-state index in [0.29, 0.717) is 0 Å². The van der Waals surface area contributed by atoms with Crippen molar-refractivity contribution in [3.05, 3.63) is 54.7 Å². The molecule has 3 rings (SSSR count). The van der Waals surface area contributed by atoms with Crippen LogP contribution in [0.25, 0.3) is 0 Å². The molecule has 0 aromatic heterocycles. The largest absolute Gasteiger partial charge is 0.457 e. The van der Waals surface area contributed by atoms with Gasteiger partial charge in [-0.15, -0.1) is 0 Å². The van der Waals surface area contributed by atoms with Crippen LogP contribution >= 0.6 is 45.2 Å². The second-order valence-corrected chi connectivity index (χ2v) is 6.27. The molecule has 1 aliphatic rings.